The molecule has 0 bridgehead atoms. The number of pyridine rings is 1. The van der Waals surface area contributed by atoms with Crippen molar-refractivity contribution in [1.29, 1.82) is 0 Å². The van der Waals surface area contributed by atoms with Crippen LogP contribution in [0.4, 0.5) is 0 Å². The molecule has 0 radical (unpaired) electrons. The summed E-state index contributed by atoms with van der Waals surface area (Å²) >= 11 is 3.48. The normalized spacial score (nSPS) is 21.2. The van der Waals surface area contributed by atoms with E-state index in [1.54, 1.807) is 12.3 Å². The maximum absolute atomic E-state index is 9.43. The van der Waals surface area contributed by atoms with Crippen molar-refractivity contribution in [2.24, 2.45) is 0 Å². The third-order valence-electron chi connectivity index (χ3n) is 1.90. The average Bonchev–Trinajstić information content (AvgIpc) is 2.04. The van der Waals surface area contributed by atoms with Crippen LogP contribution in [0.5, 0.6) is 5.75 Å². The van der Waals surface area contributed by atoms with Crippen LogP contribution in [0.2, 0.25) is 0 Å². The van der Waals surface area contributed by atoms with Crippen molar-refractivity contribution in [2.45, 2.75) is 11.2 Å². The molecular weight excluding hydrogens is 222 g/mol. The zero-order valence-corrected chi connectivity index (χ0v) is 7.99. The summed E-state index contributed by atoms with van der Waals surface area (Å²) in [4.78, 5) is 0.187. The minimum Gasteiger partial charge on any atom is -0.487 e. The topological polar surface area (TPSA) is 33.3 Å². The summed E-state index contributed by atoms with van der Waals surface area (Å²) in [7, 11) is 0. The van der Waals surface area contributed by atoms with Crippen LogP contribution in [-0.2, 0) is 0 Å². The molecule has 2 heterocycles. The quantitative estimate of drug-likeness (QED) is 0.416. The SMILES string of the molecule is O[n+]1cccc2c1C(Br)CCO2. The van der Waals surface area contributed by atoms with Crippen LogP contribution in [0.15, 0.2) is 18.3 Å². The number of hydrogen-bond acceptors (Lipinski definition) is 2. The summed E-state index contributed by atoms with van der Waals surface area (Å²) in [6.07, 6.45) is 2.49. The van der Waals surface area contributed by atoms with Gasteiger partial charge in [0.1, 0.15) is 4.83 Å². The highest BCUT2D eigenvalue weighted by Crippen LogP contribution is 2.34. The van der Waals surface area contributed by atoms with E-state index in [2.05, 4.69) is 15.9 Å². The van der Waals surface area contributed by atoms with E-state index < -0.39 is 0 Å². The highest BCUT2D eigenvalue weighted by molar-refractivity contribution is 9.09. The molecular formula is C8H9BrNO2+. The van der Waals surface area contributed by atoms with Crippen molar-refractivity contribution in [2.75, 3.05) is 6.61 Å². The van der Waals surface area contributed by atoms with Crippen molar-refractivity contribution in [1.82, 2.24) is 0 Å². The first-order valence-corrected chi connectivity index (χ1v) is 4.71. The number of nitrogens with zero attached hydrogens (tertiary/aromatic N) is 1. The molecule has 1 aliphatic heterocycles. The molecule has 1 aromatic heterocycles. The molecule has 0 saturated carbocycles. The largest absolute Gasteiger partial charge is 0.487 e. The lowest BCUT2D eigenvalue weighted by Crippen LogP contribution is -2.37. The van der Waals surface area contributed by atoms with Gasteiger partial charge in [0.2, 0.25) is 6.20 Å². The van der Waals surface area contributed by atoms with Gasteiger partial charge in [-0.05, 0) is 6.07 Å². The average molecular weight is 231 g/mol. The second-order valence-corrected chi connectivity index (χ2v) is 3.81. The van der Waals surface area contributed by atoms with Crippen LogP contribution < -0.4 is 9.47 Å². The number of fused-ring (bicyclic) bond motifs is 1. The molecule has 64 valence electrons. The molecule has 3 nitrogen and oxygen atoms in total. The van der Waals surface area contributed by atoms with Crippen molar-refractivity contribution >= 4 is 15.9 Å². The number of rotatable bonds is 0. The van der Waals surface area contributed by atoms with Gasteiger partial charge in [-0.15, -0.1) is 0 Å². The lowest BCUT2D eigenvalue weighted by molar-refractivity contribution is -0.910. The maximum Gasteiger partial charge on any atom is 0.289 e. The smallest absolute Gasteiger partial charge is 0.289 e. The summed E-state index contributed by atoms with van der Waals surface area (Å²) in [6.45, 7) is 0.701. The van der Waals surface area contributed by atoms with Crippen LogP contribution >= 0.6 is 15.9 Å². The molecule has 0 aliphatic carbocycles. The first kappa shape index (κ1) is 7.86. The van der Waals surface area contributed by atoms with E-state index in [-0.39, 0.29) is 4.83 Å². The molecule has 1 N–H and O–H groups in total. The van der Waals surface area contributed by atoms with Gasteiger partial charge in [0.05, 0.1) is 6.61 Å². The highest BCUT2D eigenvalue weighted by atomic mass is 79.9. The van der Waals surface area contributed by atoms with Gasteiger partial charge < -0.3 is 4.74 Å². The van der Waals surface area contributed by atoms with Crippen LogP contribution in [0.3, 0.4) is 0 Å². The van der Waals surface area contributed by atoms with Crippen molar-refractivity contribution in [3.05, 3.63) is 24.0 Å². The van der Waals surface area contributed by atoms with E-state index in [1.807, 2.05) is 6.07 Å². The Morgan fingerprint density at radius 2 is 2.50 bits per heavy atom. The monoisotopic (exact) mass is 230 g/mol. The fourth-order valence-electron chi connectivity index (χ4n) is 1.32. The number of aromatic nitrogens is 1. The van der Waals surface area contributed by atoms with Crippen LogP contribution in [0.1, 0.15) is 16.9 Å². The van der Waals surface area contributed by atoms with Gasteiger partial charge in [-0.1, -0.05) is 15.9 Å². The predicted molar refractivity (Wildman–Crippen MR) is 45.6 cm³/mol. The highest BCUT2D eigenvalue weighted by Gasteiger charge is 2.29. The Kier molecular flexibility index (Phi) is 1.92. The Morgan fingerprint density at radius 1 is 1.67 bits per heavy atom. The lowest BCUT2D eigenvalue weighted by Gasteiger charge is -2.16. The van der Waals surface area contributed by atoms with Gasteiger partial charge in [0.25, 0.3) is 5.69 Å². The van der Waals surface area contributed by atoms with Gasteiger partial charge in [0, 0.05) is 17.2 Å². The summed E-state index contributed by atoms with van der Waals surface area (Å²) < 4.78 is 6.47. The molecule has 0 aromatic carbocycles. The second-order valence-electron chi connectivity index (χ2n) is 2.71. The van der Waals surface area contributed by atoms with E-state index in [0.717, 1.165) is 22.6 Å². The van der Waals surface area contributed by atoms with Crippen molar-refractivity contribution < 1.29 is 14.7 Å². The molecule has 0 saturated heterocycles. The number of ether oxygens (including phenoxy) is 1. The fraction of sp³-hybridized carbons (Fsp3) is 0.375. The molecule has 1 aromatic rings. The molecule has 0 fully saturated rings. The fourth-order valence-corrected chi connectivity index (χ4v) is 1.94. The van der Waals surface area contributed by atoms with Gasteiger partial charge >= 0.3 is 0 Å². The Hall–Kier alpha value is -0.770. The van der Waals surface area contributed by atoms with E-state index in [4.69, 9.17) is 4.74 Å². The summed E-state index contributed by atoms with van der Waals surface area (Å²) in [5, 5.41) is 9.43. The van der Waals surface area contributed by atoms with Crippen molar-refractivity contribution in [3.63, 3.8) is 0 Å². The molecule has 0 amide bonds. The third-order valence-corrected chi connectivity index (χ3v) is 2.79. The molecule has 4 heteroatoms. The Morgan fingerprint density at radius 3 is 3.25 bits per heavy atom. The minimum absolute atomic E-state index is 0.187. The van der Waals surface area contributed by atoms with Gasteiger partial charge in [-0.25, -0.2) is 0 Å². The molecule has 2 rings (SSSR count). The van der Waals surface area contributed by atoms with Gasteiger partial charge in [0.15, 0.2) is 5.75 Å². The molecule has 0 spiro atoms. The van der Waals surface area contributed by atoms with E-state index in [0.29, 0.717) is 6.61 Å². The zero-order chi connectivity index (χ0) is 8.55. The molecule has 1 atom stereocenters. The maximum atomic E-state index is 9.43. The van der Waals surface area contributed by atoms with E-state index >= 15 is 0 Å². The zero-order valence-electron chi connectivity index (χ0n) is 6.40. The van der Waals surface area contributed by atoms with E-state index in [9.17, 15) is 5.21 Å². The number of hydrogen-bond donors (Lipinski definition) is 1. The minimum atomic E-state index is 0.187. The molecule has 12 heavy (non-hydrogen) atoms. The lowest BCUT2D eigenvalue weighted by atomic mass is 10.1. The first-order valence-electron chi connectivity index (χ1n) is 3.80. The molecule has 1 aliphatic rings. The number of alkyl halides is 1. The van der Waals surface area contributed by atoms with Gasteiger partial charge in [-0.2, -0.15) is 0 Å². The second kappa shape index (κ2) is 2.94. The summed E-state index contributed by atoms with van der Waals surface area (Å²) in [5.74, 6) is 0.758. The Bertz CT molecular complexity index is 303. The third kappa shape index (κ3) is 1.16. The molecule has 1 unspecified atom stereocenters. The van der Waals surface area contributed by atoms with Gasteiger partial charge in [-0.3, -0.25) is 5.21 Å². The van der Waals surface area contributed by atoms with Crippen LogP contribution in [-0.4, -0.2) is 11.8 Å². The first-order chi connectivity index (χ1) is 5.79. The van der Waals surface area contributed by atoms with Crippen LogP contribution in [0, 0.1) is 0 Å². The summed E-state index contributed by atoms with van der Waals surface area (Å²) in [5.41, 5.74) is 0.795. The van der Waals surface area contributed by atoms with Crippen LogP contribution in [0.25, 0.3) is 0 Å². The summed E-state index contributed by atoms with van der Waals surface area (Å²) in [6, 6.07) is 3.61. The van der Waals surface area contributed by atoms with Crippen molar-refractivity contribution in [3.8, 4) is 5.75 Å². The predicted octanol–water partition coefficient (Wildman–Crippen LogP) is 1.43. The standard InChI is InChI=1S/C8H9BrNO2/c9-6-3-5-12-7-2-1-4-10(11)8(6)7/h1-2,4,6,11H,3,5H2/q+1. The Labute approximate surface area is 78.7 Å². The van der Waals surface area contributed by atoms with E-state index in [1.165, 1.54) is 0 Å². The Balaban J connectivity index is 2.53. The number of halogens is 1.